The van der Waals surface area contributed by atoms with Crippen LogP contribution in [0.15, 0.2) is 0 Å². The van der Waals surface area contributed by atoms with Gasteiger partial charge in [0.1, 0.15) is 0 Å². The molecule has 0 unspecified atom stereocenters. The number of rotatable bonds is 3. The normalized spacial score (nSPS) is 36.9. The number of alkyl halides is 1. The van der Waals surface area contributed by atoms with Crippen molar-refractivity contribution in [2.24, 2.45) is 16.7 Å². The third-order valence-corrected chi connectivity index (χ3v) is 6.04. The first-order valence-electron chi connectivity index (χ1n) is 5.71. The van der Waals surface area contributed by atoms with E-state index in [0.717, 1.165) is 0 Å². The van der Waals surface area contributed by atoms with Crippen LogP contribution in [0.25, 0.3) is 0 Å². The third-order valence-electron chi connectivity index (χ3n) is 4.45. The number of carboxylic acid groups (broad SMARTS) is 1. The molecule has 0 saturated heterocycles. The van der Waals surface area contributed by atoms with Crippen molar-refractivity contribution in [3.63, 3.8) is 0 Å². The number of hydrogen-bond donors (Lipinski definition) is 1. The number of hydrogen-bond acceptors (Lipinski definition) is 2. The van der Waals surface area contributed by atoms with E-state index in [1.807, 2.05) is 6.92 Å². The van der Waals surface area contributed by atoms with Crippen molar-refractivity contribution in [3.8, 4) is 0 Å². The zero-order chi connectivity index (χ0) is 13.4. The van der Waals surface area contributed by atoms with Gasteiger partial charge in [0.2, 0.25) is 5.91 Å². The second-order valence-corrected chi connectivity index (χ2v) is 6.28. The zero-order valence-corrected chi connectivity index (χ0v) is 12.9. The van der Waals surface area contributed by atoms with Gasteiger partial charge in [-0.05, 0) is 19.8 Å². The molecule has 1 aliphatic rings. The minimum atomic E-state index is -0.801. The molecule has 0 aromatic carbocycles. The molecular formula is C12H20INO3. The zero-order valence-electron chi connectivity index (χ0n) is 10.8. The van der Waals surface area contributed by atoms with Gasteiger partial charge in [-0.3, -0.25) is 9.59 Å². The van der Waals surface area contributed by atoms with E-state index < -0.39 is 16.8 Å². The average molecular weight is 353 g/mol. The highest BCUT2D eigenvalue weighted by molar-refractivity contribution is 14.1. The van der Waals surface area contributed by atoms with Gasteiger partial charge in [-0.25, -0.2) is 0 Å². The Morgan fingerprint density at radius 1 is 1.41 bits per heavy atom. The molecule has 0 aromatic rings. The van der Waals surface area contributed by atoms with Gasteiger partial charge in [-0.1, -0.05) is 29.5 Å². The number of carboxylic acids is 1. The summed E-state index contributed by atoms with van der Waals surface area (Å²) in [5, 5.41) is 9.45. The fourth-order valence-corrected chi connectivity index (χ4v) is 4.09. The molecule has 1 saturated carbocycles. The molecule has 1 fully saturated rings. The van der Waals surface area contributed by atoms with E-state index in [1.165, 1.54) is 0 Å². The van der Waals surface area contributed by atoms with Crippen LogP contribution in [0.4, 0.5) is 0 Å². The van der Waals surface area contributed by atoms with E-state index in [9.17, 15) is 14.7 Å². The van der Waals surface area contributed by atoms with Gasteiger partial charge >= 0.3 is 5.97 Å². The molecule has 0 aliphatic heterocycles. The standard InChI is InChI=1S/C12H20INO3/c1-11(10(16)17)6-5-8(9(15)14(3)4)12(11,2)7-13/h8H,5-7H2,1-4H3,(H,16,17)/t8-,11+,12+/m1/s1. The lowest BCUT2D eigenvalue weighted by Gasteiger charge is -2.40. The maximum atomic E-state index is 12.2. The second-order valence-electron chi connectivity index (χ2n) is 5.51. The highest BCUT2D eigenvalue weighted by Gasteiger charge is 2.60. The molecule has 0 radical (unpaired) electrons. The topological polar surface area (TPSA) is 57.6 Å². The van der Waals surface area contributed by atoms with Crippen LogP contribution in [0, 0.1) is 16.7 Å². The van der Waals surface area contributed by atoms with Crippen LogP contribution in [-0.4, -0.2) is 40.4 Å². The number of amides is 1. The molecule has 0 heterocycles. The number of carbonyl (C=O) groups excluding carboxylic acids is 1. The third kappa shape index (κ3) is 2.06. The molecule has 1 amide bonds. The predicted molar refractivity (Wildman–Crippen MR) is 74.2 cm³/mol. The molecule has 17 heavy (non-hydrogen) atoms. The van der Waals surface area contributed by atoms with Crippen LogP contribution in [0.2, 0.25) is 0 Å². The minimum absolute atomic E-state index is 0.0501. The highest BCUT2D eigenvalue weighted by Crippen LogP contribution is 2.57. The lowest BCUT2D eigenvalue weighted by Crippen LogP contribution is -2.48. The van der Waals surface area contributed by atoms with E-state index >= 15 is 0 Å². The monoisotopic (exact) mass is 353 g/mol. The van der Waals surface area contributed by atoms with Gasteiger partial charge in [-0.15, -0.1) is 0 Å². The lowest BCUT2D eigenvalue weighted by atomic mass is 9.65. The molecule has 1 rings (SSSR count). The Morgan fingerprint density at radius 2 is 1.94 bits per heavy atom. The van der Waals surface area contributed by atoms with Gasteiger partial charge in [0.05, 0.1) is 5.41 Å². The minimum Gasteiger partial charge on any atom is -0.481 e. The number of halogens is 1. The Balaban J connectivity index is 3.15. The summed E-state index contributed by atoms with van der Waals surface area (Å²) in [4.78, 5) is 25.2. The van der Waals surface area contributed by atoms with Gasteiger partial charge < -0.3 is 10.0 Å². The molecule has 0 spiro atoms. The first-order chi connectivity index (χ1) is 7.70. The molecule has 98 valence electrons. The van der Waals surface area contributed by atoms with E-state index in [2.05, 4.69) is 22.6 Å². The van der Waals surface area contributed by atoms with Crippen LogP contribution in [0.3, 0.4) is 0 Å². The van der Waals surface area contributed by atoms with Gasteiger partial charge in [0.15, 0.2) is 0 Å². The number of aliphatic carboxylic acids is 1. The molecule has 1 aliphatic carbocycles. The van der Waals surface area contributed by atoms with Crippen molar-refractivity contribution >= 4 is 34.5 Å². The van der Waals surface area contributed by atoms with Crippen LogP contribution < -0.4 is 0 Å². The van der Waals surface area contributed by atoms with E-state index in [0.29, 0.717) is 17.3 Å². The largest absolute Gasteiger partial charge is 0.481 e. The Labute approximate surface area is 116 Å². The Kier molecular flexibility index (Phi) is 4.11. The molecule has 0 aromatic heterocycles. The SMILES string of the molecule is CN(C)C(=O)[C@H]1CC[C@@](C)(C(=O)O)[C@@]1(C)CI. The van der Waals surface area contributed by atoms with Crippen LogP contribution >= 0.6 is 22.6 Å². The molecule has 4 nitrogen and oxygen atoms in total. The Bertz CT molecular complexity index is 345. The summed E-state index contributed by atoms with van der Waals surface area (Å²) in [6.07, 6.45) is 1.24. The number of nitrogens with zero attached hydrogens (tertiary/aromatic N) is 1. The summed E-state index contributed by atoms with van der Waals surface area (Å²) in [6, 6.07) is 0. The fourth-order valence-electron chi connectivity index (χ4n) is 2.72. The van der Waals surface area contributed by atoms with E-state index in [-0.39, 0.29) is 11.8 Å². The lowest BCUT2D eigenvalue weighted by molar-refractivity contribution is -0.155. The maximum absolute atomic E-state index is 12.2. The summed E-state index contributed by atoms with van der Waals surface area (Å²) in [5.41, 5.74) is -1.27. The smallest absolute Gasteiger partial charge is 0.309 e. The van der Waals surface area contributed by atoms with Crippen LogP contribution in [0.1, 0.15) is 26.7 Å². The molecule has 1 N–H and O–H groups in total. The van der Waals surface area contributed by atoms with Gasteiger partial charge in [0.25, 0.3) is 0 Å². The summed E-state index contributed by atoms with van der Waals surface area (Å²) in [6.45, 7) is 3.71. The average Bonchev–Trinajstić information content (AvgIpc) is 2.53. The first-order valence-corrected chi connectivity index (χ1v) is 7.24. The summed E-state index contributed by atoms with van der Waals surface area (Å²) < 4.78 is 0.678. The van der Waals surface area contributed by atoms with Crippen molar-refractivity contribution in [1.29, 1.82) is 0 Å². The molecular weight excluding hydrogens is 333 g/mol. The highest BCUT2D eigenvalue weighted by atomic mass is 127. The molecule has 5 heteroatoms. The Morgan fingerprint density at radius 3 is 2.29 bits per heavy atom. The van der Waals surface area contributed by atoms with E-state index in [4.69, 9.17) is 0 Å². The van der Waals surface area contributed by atoms with E-state index in [1.54, 1.807) is 25.9 Å². The second kappa shape index (κ2) is 4.74. The van der Waals surface area contributed by atoms with Gasteiger partial charge in [-0.2, -0.15) is 0 Å². The van der Waals surface area contributed by atoms with Crippen molar-refractivity contribution in [2.45, 2.75) is 26.7 Å². The molecule has 0 bridgehead atoms. The quantitative estimate of drug-likeness (QED) is 0.624. The summed E-state index contributed by atoms with van der Waals surface area (Å²) in [5.74, 6) is -0.921. The van der Waals surface area contributed by atoms with Crippen LogP contribution in [0.5, 0.6) is 0 Å². The number of carbonyl (C=O) groups is 2. The fraction of sp³-hybridized carbons (Fsp3) is 0.833. The summed E-state index contributed by atoms with van der Waals surface area (Å²) in [7, 11) is 3.46. The van der Waals surface area contributed by atoms with Crippen molar-refractivity contribution in [3.05, 3.63) is 0 Å². The molecule has 3 atom stereocenters. The van der Waals surface area contributed by atoms with Crippen LogP contribution in [-0.2, 0) is 9.59 Å². The van der Waals surface area contributed by atoms with Crippen molar-refractivity contribution < 1.29 is 14.7 Å². The maximum Gasteiger partial charge on any atom is 0.309 e. The van der Waals surface area contributed by atoms with Gasteiger partial charge in [0, 0.05) is 29.9 Å². The van der Waals surface area contributed by atoms with Crippen molar-refractivity contribution in [2.75, 3.05) is 18.5 Å². The van der Waals surface area contributed by atoms with Crippen molar-refractivity contribution in [1.82, 2.24) is 4.90 Å². The predicted octanol–water partition coefficient (Wildman–Crippen LogP) is 2.02. The Hall–Kier alpha value is -0.330. The first kappa shape index (κ1) is 14.7. The summed E-state index contributed by atoms with van der Waals surface area (Å²) >= 11 is 2.20.